The van der Waals surface area contributed by atoms with E-state index < -0.39 is 17.9 Å². The summed E-state index contributed by atoms with van der Waals surface area (Å²) in [5, 5.41) is 26.7. The zero-order valence-corrected chi connectivity index (χ0v) is 10.3. The van der Waals surface area contributed by atoms with Crippen molar-refractivity contribution < 1.29 is 50.8 Å². The molecular weight excluding hydrogens is 352 g/mol. The Morgan fingerprint density at radius 2 is 0.692 bits per heavy atom. The molecule has 0 aromatic rings. The summed E-state index contributed by atoms with van der Waals surface area (Å²) in [5.41, 5.74) is 0. The fourth-order valence-electron chi connectivity index (χ4n) is 0. The van der Waals surface area contributed by atoms with Gasteiger partial charge in [0.15, 0.2) is 0 Å². The third-order valence-corrected chi connectivity index (χ3v) is 0. The van der Waals surface area contributed by atoms with Crippen LogP contribution >= 0.6 is 0 Å². The average molecular weight is 361 g/mol. The summed E-state index contributed by atoms with van der Waals surface area (Å²) in [6, 6.07) is 0. The molecule has 0 aromatic heterocycles. The van der Waals surface area contributed by atoms with Crippen molar-refractivity contribution in [2.24, 2.45) is 0 Å². The number of hydrogen-bond acceptors (Lipinski definition) is 6. The number of carboxylic acids is 3. The predicted octanol–water partition coefficient (Wildman–Crippen LogP) is -3.73. The molecule has 0 fully saturated rings. The van der Waals surface area contributed by atoms with Gasteiger partial charge in [0.2, 0.25) is 0 Å². The monoisotopic (exact) mass is 361 g/mol. The van der Waals surface area contributed by atoms with E-state index in [-0.39, 0.29) is 21.1 Å². The number of carbonyl (C=O) groups is 3. The second-order valence-corrected chi connectivity index (χ2v) is 1.47. The normalized spacial score (nSPS) is 5.77. The van der Waals surface area contributed by atoms with Crippen LogP contribution in [0.2, 0.25) is 0 Å². The topological polar surface area (TPSA) is 120 Å². The van der Waals surface area contributed by atoms with Crippen LogP contribution in [0.5, 0.6) is 0 Å². The first kappa shape index (κ1) is 22.7. The van der Waals surface area contributed by atoms with Gasteiger partial charge in [0.25, 0.3) is 0 Å². The molecule has 13 heavy (non-hydrogen) atoms. The van der Waals surface area contributed by atoms with Crippen LogP contribution in [-0.4, -0.2) is 17.9 Å². The van der Waals surface area contributed by atoms with Gasteiger partial charge in [-0.3, -0.25) is 0 Å². The molecule has 0 saturated heterocycles. The van der Waals surface area contributed by atoms with E-state index in [1.54, 1.807) is 0 Å². The molecule has 0 spiro atoms. The van der Waals surface area contributed by atoms with Crippen LogP contribution in [0.3, 0.4) is 0 Å². The van der Waals surface area contributed by atoms with Crippen LogP contribution < -0.4 is 15.3 Å². The van der Waals surface area contributed by atoms with Gasteiger partial charge < -0.3 is 29.7 Å². The largest absolute Gasteiger partial charge is 0.550 e. The van der Waals surface area contributed by atoms with Crippen molar-refractivity contribution in [1.82, 2.24) is 0 Å². The molecule has 0 unspecified atom stereocenters. The summed E-state index contributed by atoms with van der Waals surface area (Å²) in [7, 11) is 0. The zero-order chi connectivity index (χ0) is 10.7. The number of hydrogen-bond donors (Lipinski definition) is 0. The Balaban J connectivity index is -0.0000000450. The van der Waals surface area contributed by atoms with Crippen molar-refractivity contribution in [2.75, 3.05) is 0 Å². The summed E-state index contributed by atoms with van der Waals surface area (Å²) in [4.78, 5) is 26.7. The van der Waals surface area contributed by atoms with E-state index in [9.17, 15) is 0 Å². The Labute approximate surface area is 89.8 Å². The standard InChI is InChI=1S/3C2H4O2.W/c3*1-2(3)4;/h3*1H3,(H,3,4);/p-3. The van der Waals surface area contributed by atoms with Gasteiger partial charge in [-0.05, 0) is 20.8 Å². The molecule has 0 amide bonds. The van der Waals surface area contributed by atoms with Crippen LogP contribution in [0.25, 0.3) is 0 Å². The van der Waals surface area contributed by atoms with Crippen molar-refractivity contribution in [2.45, 2.75) is 20.8 Å². The van der Waals surface area contributed by atoms with Gasteiger partial charge in [-0.2, -0.15) is 0 Å². The van der Waals surface area contributed by atoms with Gasteiger partial charge in [0.1, 0.15) is 0 Å². The van der Waals surface area contributed by atoms with Gasteiger partial charge in [0.05, 0.1) is 0 Å². The zero-order valence-electron chi connectivity index (χ0n) is 7.36. The quantitative estimate of drug-likeness (QED) is 0.438. The van der Waals surface area contributed by atoms with Crippen LogP contribution in [0, 0.1) is 0 Å². The van der Waals surface area contributed by atoms with Gasteiger partial charge in [0, 0.05) is 39.0 Å². The maximum absolute atomic E-state index is 8.89. The molecule has 0 heterocycles. The fourth-order valence-corrected chi connectivity index (χ4v) is 0. The number of rotatable bonds is 0. The first-order chi connectivity index (χ1) is 5.20. The van der Waals surface area contributed by atoms with Crippen molar-refractivity contribution in [3.63, 3.8) is 0 Å². The van der Waals surface area contributed by atoms with Crippen LogP contribution in [0.4, 0.5) is 0 Å². The third kappa shape index (κ3) is 1130. The minimum absolute atomic E-state index is 0. The number of aliphatic carboxylic acids is 3. The molecule has 6 nitrogen and oxygen atoms in total. The molecule has 78 valence electrons. The second-order valence-electron chi connectivity index (χ2n) is 1.47. The fraction of sp³-hybridized carbons (Fsp3) is 0.500. The average Bonchev–Trinajstić information content (AvgIpc) is 1.54. The Kier molecular flexibility index (Phi) is 30.2. The molecule has 0 radical (unpaired) electrons. The van der Waals surface area contributed by atoms with Gasteiger partial charge in [-0.25, -0.2) is 0 Å². The Hall–Kier alpha value is -0.902. The van der Waals surface area contributed by atoms with Crippen molar-refractivity contribution in [1.29, 1.82) is 0 Å². The SMILES string of the molecule is CC(=O)[O-].CC(=O)[O-].CC(=O)[O-].[W]. The minimum atomic E-state index is -1.08. The molecule has 0 aliphatic heterocycles. The summed E-state index contributed by atoms with van der Waals surface area (Å²) >= 11 is 0. The van der Waals surface area contributed by atoms with Crippen LogP contribution in [0.1, 0.15) is 20.8 Å². The molecule has 0 atom stereocenters. The second kappa shape index (κ2) is 17.3. The van der Waals surface area contributed by atoms with Crippen molar-refractivity contribution in [3.8, 4) is 0 Å². The summed E-state index contributed by atoms with van der Waals surface area (Å²) in [6.07, 6.45) is 0. The van der Waals surface area contributed by atoms with Crippen LogP contribution in [0.15, 0.2) is 0 Å². The molecule has 7 heteroatoms. The molecule has 0 aliphatic rings. The van der Waals surface area contributed by atoms with Crippen molar-refractivity contribution in [3.05, 3.63) is 0 Å². The van der Waals surface area contributed by atoms with E-state index in [4.69, 9.17) is 29.7 Å². The molecule has 0 rings (SSSR count). The molecule has 0 aliphatic carbocycles. The first-order valence-corrected chi connectivity index (χ1v) is 2.72. The predicted molar refractivity (Wildman–Crippen MR) is 32.0 cm³/mol. The Morgan fingerprint density at radius 3 is 0.692 bits per heavy atom. The summed E-state index contributed by atoms with van der Waals surface area (Å²) in [6.45, 7) is 2.92. The maximum atomic E-state index is 8.89. The summed E-state index contributed by atoms with van der Waals surface area (Å²) in [5.74, 6) is -3.25. The van der Waals surface area contributed by atoms with Gasteiger partial charge in [-0.15, -0.1) is 0 Å². The molecular formula is C6H9O6W-3. The molecule has 0 bridgehead atoms. The molecule has 0 saturated carbocycles. The van der Waals surface area contributed by atoms with E-state index >= 15 is 0 Å². The van der Waals surface area contributed by atoms with E-state index in [0.29, 0.717) is 0 Å². The van der Waals surface area contributed by atoms with E-state index in [0.717, 1.165) is 20.8 Å². The van der Waals surface area contributed by atoms with E-state index in [1.165, 1.54) is 0 Å². The minimum Gasteiger partial charge on any atom is -0.550 e. The Bertz CT molecular complexity index is 115. The molecule has 0 aromatic carbocycles. The molecule has 0 N–H and O–H groups in total. The smallest absolute Gasteiger partial charge is 0.0383 e. The number of carbonyl (C=O) groups excluding carboxylic acids is 3. The first-order valence-electron chi connectivity index (χ1n) is 2.72. The van der Waals surface area contributed by atoms with Gasteiger partial charge in [-0.1, -0.05) is 0 Å². The van der Waals surface area contributed by atoms with Gasteiger partial charge >= 0.3 is 0 Å². The van der Waals surface area contributed by atoms with E-state index in [1.807, 2.05) is 0 Å². The van der Waals surface area contributed by atoms with Crippen LogP contribution in [-0.2, 0) is 35.4 Å². The van der Waals surface area contributed by atoms with E-state index in [2.05, 4.69) is 0 Å². The van der Waals surface area contributed by atoms with Crippen molar-refractivity contribution >= 4 is 17.9 Å². The summed E-state index contributed by atoms with van der Waals surface area (Å²) < 4.78 is 0. The number of carboxylic acid groups (broad SMARTS) is 3. The Morgan fingerprint density at radius 1 is 0.692 bits per heavy atom. The maximum Gasteiger partial charge on any atom is 0.0383 e. The third-order valence-electron chi connectivity index (χ3n) is 0.